The summed E-state index contributed by atoms with van der Waals surface area (Å²) in [5, 5.41) is 8.34. The first-order chi connectivity index (χ1) is 12.5. The molecule has 1 aromatic carbocycles. The molecule has 138 valence electrons. The molecule has 3 rings (SSSR count). The minimum Gasteiger partial charge on any atom is -0.376 e. The molecule has 1 aliphatic rings. The summed E-state index contributed by atoms with van der Waals surface area (Å²) < 4.78 is 0. The Balaban J connectivity index is 1.51. The highest BCUT2D eigenvalue weighted by Crippen LogP contribution is 2.19. The number of amides is 1. The topological polar surface area (TPSA) is 52.6 Å². The quantitative estimate of drug-likeness (QED) is 0.824. The molecule has 2 heterocycles. The van der Waals surface area contributed by atoms with Gasteiger partial charge in [0.15, 0.2) is 5.82 Å². The summed E-state index contributed by atoms with van der Waals surface area (Å²) in [4.78, 5) is 18.7. The summed E-state index contributed by atoms with van der Waals surface area (Å²) in [6.45, 7) is 5.14. The molecule has 0 unspecified atom stereocenters. The van der Waals surface area contributed by atoms with Gasteiger partial charge >= 0.3 is 0 Å². The van der Waals surface area contributed by atoms with Gasteiger partial charge in [-0.3, -0.25) is 4.79 Å². The van der Waals surface area contributed by atoms with Gasteiger partial charge in [-0.05, 0) is 18.9 Å². The van der Waals surface area contributed by atoms with Gasteiger partial charge in [0.1, 0.15) is 0 Å². The zero-order valence-electron chi connectivity index (χ0n) is 15.9. The van der Waals surface area contributed by atoms with Crippen LogP contribution in [0.3, 0.4) is 0 Å². The number of anilines is 2. The number of aromatic nitrogens is 2. The van der Waals surface area contributed by atoms with Crippen molar-refractivity contribution in [3.8, 4) is 0 Å². The van der Waals surface area contributed by atoms with Gasteiger partial charge in [-0.15, -0.1) is 5.10 Å². The van der Waals surface area contributed by atoms with Crippen LogP contribution < -0.4 is 9.80 Å². The standard InChI is InChI=1S/C20H27N5O/c1-16-5-4-6-17(13-16)7-8-20(26)25-11-9-24(10-12-25)19-14-18(23(2)3)15-21-22-19/h4-6,13-15H,7-12H2,1-3H3. The first-order valence-electron chi connectivity index (χ1n) is 9.11. The van der Waals surface area contributed by atoms with Crippen LogP contribution in [0.2, 0.25) is 0 Å². The molecule has 6 heteroatoms. The van der Waals surface area contributed by atoms with Crippen LogP contribution in [0.4, 0.5) is 11.5 Å². The van der Waals surface area contributed by atoms with E-state index in [9.17, 15) is 4.79 Å². The number of piperazine rings is 1. The Kier molecular flexibility index (Phi) is 5.71. The number of hydrogen-bond donors (Lipinski definition) is 0. The second-order valence-corrected chi connectivity index (χ2v) is 7.02. The minimum absolute atomic E-state index is 0.235. The third-order valence-electron chi connectivity index (χ3n) is 4.81. The van der Waals surface area contributed by atoms with E-state index in [4.69, 9.17) is 0 Å². The third kappa shape index (κ3) is 4.50. The number of nitrogens with zero attached hydrogens (tertiary/aromatic N) is 5. The molecule has 0 atom stereocenters. The van der Waals surface area contributed by atoms with E-state index in [1.54, 1.807) is 6.20 Å². The maximum Gasteiger partial charge on any atom is 0.223 e. The average Bonchev–Trinajstić information content (AvgIpc) is 2.66. The number of aryl methyl sites for hydroxylation is 2. The van der Waals surface area contributed by atoms with Crippen LogP contribution >= 0.6 is 0 Å². The smallest absolute Gasteiger partial charge is 0.223 e. The maximum atomic E-state index is 12.5. The van der Waals surface area contributed by atoms with Gasteiger partial charge in [-0.1, -0.05) is 29.8 Å². The van der Waals surface area contributed by atoms with Crippen LogP contribution in [0.1, 0.15) is 17.5 Å². The van der Waals surface area contributed by atoms with Crippen LogP contribution in [-0.4, -0.2) is 61.3 Å². The van der Waals surface area contributed by atoms with Crippen molar-refractivity contribution in [2.75, 3.05) is 50.1 Å². The molecule has 6 nitrogen and oxygen atoms in total. The number of hydrogen-bond acceptors (Lipinski definition) is 5. The molecule has 0 N–H and O–H groups in total. The van der Waals surface area contributed by atoms with Gasteiger partial charge in [0.2, 0.25) is 5.91 Å². The normalized spacial score (nSPS) is 14.4. The average molecular weight is 353 g/mol. The lowest BCUT2D eigenvalue weighted by Crippen LogP contribution is -2.49. The Hall–Kier alpha value is -2.63. The van der Waals surface area contributed by atoms with Crippen molar-refractivity contribution in [2.24, 2.45) is 0 Å². The SMILES string of the molecule is Cc1cccc(CCC(=O)N2CCN(c3cc(N(C)C)cnn3)CC2)c1. The number of carbonyl (C=O) groups excluding carboxylic acids is 1. The summed E-state index contributed by atoms with van der Waals surface area (Å²) in [6.07, 6.45) is 3.13. The molecule has 0 radical (unpaired) electrons. The second kappa shape index (κ2) is 8.17. The second-order valence-electron chi connectivity index (χ2n) is 7.02. The van der Waals surface area contributed by atoms with Gasteiger partial charge in [0.25, 0.3) is 0 Å². The Morgan fingerprint density at radius 3 is 2.62 bits per heavy atom. The van der Waals surface area contributed by atoms with Crippen LogP contribution in [0.5, 0.6) is 0 Å². The van der Waals surface area contributed by atoms with Crippen LogP contribution in [0.15, 0.2) is 36.5 Å². The summed E-state index contributed by atoms with van der Waals surface area (Å²) >= 11 is 0. The first-order valence-corrected chi connectivity index (χ1v) is 9.11. The fraction of sp³-hybridized carbons (Fsp3) is 0.450. The summed E-state index contributed by atoms with van der Waals surface area (Å²) in [5.41, 5.74) is 3.50. The fourth-order valence-corrected chi connectivity index (χ4v) is 3.21. The van der Waals surface area contributed by atoms with E-state index in [1.807, 2.05) is 30.0 Å². The van der Waals surface area contributed by atoms with Crippen molar-refractivity contribution < 1.29 is 4.79 Å². The Bertz CT molecular complexity index is 753. The summed E-state index contributed by atoms with van der Waals surface area (Å²) in [6, 6.07) is 10.4. The zero-order chi connectivity index (χ0) is 18.5. The van der Waals surface area contributed by atoms with Gasteiger partial charge < -0.3 is 14.7 Å². The monoisotopic (exact) mass is 353 g/mol. The molecule has 1 fully saturated rings. The molecule has 26 heavy (non-hydrogen) atoms. The fourth-order valence-electron chi connectivity index (χ4n) is 3.21. The van der Waals surface area contributed by atoms with Crippen molar-refractivity contribution in [1.82, 2.24) is 15.1 Å². The molecule has 1 aliphatic heterocycles. The third-order valence-corrected chi connectivity index (χ3v) is 4.81. The molecular formula is C20H27N5O. The van der Waals surface area contributed by atoms with Crippen molar-refractivity contribution in [2.45, 2.75) is 19.8 Å². The van der Waals surface area contributed by atoms with Crippen molar-refractivity contribution >= 4 is 17.4 Å². The molecule has 1 saturated heterocycles. The molecule has 2 aromatic rings. The van der Waals surface area contributed by atoms with Crippen LogP contribution in [0.25, 0.3) is 0 Å². The first kappa shape index (κ1) is 18.2. The van der Waals surface area contributed by atoms with E-state index in [0.717, 1.165) is 44.1 Å². The highest BCUT2D eigenvalue weighted by Gasteiger charge is 2.22. The summed E-state index contributed by atoms with van der Waals surface area (Å²) in [7, 11) is 3.98. The molecule has 1 aromatic heterocycles. The van der Waals surface area contributed by atoms with Crippen molar-refractivity contribution in [3.63, 3.8) is 0 Å². The molecule has 0 spiro atoms. The predicted molar refractivity (Wildman–Crippen MR) is 105 cm³/mol. The van der Waals surface area contributed by atoms with E-state index in [1.165, 1.54) is 11.1 Å². The highest BCUT2D eigenvalue weighted by atomic mass is 16.2. The van der Waals surface area contributed by atoms with E-state index in [0.29, 0.717) is 6.42 Å². The minimum atomic E-state index is 0.235. The number of rotatable bonds is 5. The van der Waals surface area contributed by atoms with Gasteiger partial charge in [0, 0.05) is 52.8 Å². The Morgan fingerprint density at radius 1 is 1.15 bits per heavy atom. The number of benzene rings is 1. The van der Waals surface area contributed by atoms with Crippen LogP contribution in [0, 0.1) is 6.92 Å². The van der Waals surface area contributed by atoms with Crippen molar-refractivity contribution in [1.29, 1.82) is 0 Å². The van der Waals surface area contributed by atoms with Crippen molar-refractivity contribution in [3.05, 3.63) is 47.7 Å². The molecule has 1 amide bonds. The van der Waals surface area contributed by atoms with E-state index < -0.39 is 0 Å². The van der Waals surface area contributed by atoms with Gasteiger partial charge in [-0.25, -0.2) is 0 Å². The lowest BCUT2D eigenvalue weighted by Gasteiger charge is -2.35. The molecule has 0 saturated carbocycles. The lowest BCUT2D eigenvalue weighted by atomic mass is 10.1. The molecule has 0 aliphatic carbocycles. The van der Waals surface area contributed by atoms with Gasteiger partial charge in [0.05, 0.1) is 11.9 Å². The Morgan fingerprint density at radius 2 is 1.92 bits per heavy atom. The molecule has 0 bridgehead atoms. The van der Waals surface area contributed by atoms with Crippen LogP contribution in [-0.2, 0) is 11.2 Å². The lowest BCUT2D eigenvalue weighted by molar-refractivity contribution is -0.131. The largest absolute Gasteiger partial charge is 0.376 e. The predicted octanol–water partition coefficient (Wildman–Crippen LogP) is 2.13. The van der Waals surface area contributed by atoms with Gasteiger partial charge in [-0.2, -0.15) is 5.10 Å². The Labute approximate surface area is 155 Å². The highest BCUT2D eigenvalue weighted by molar-refractivity contribution is 5.76. The zero-order valence-corrected chi connectivity index (χ0v) is 15.9. The summed E-state index contributed by atoms with van der Waals surface area (Å²) in [5.74, 6) is 1.11. The van der Waals surface area contributed by atoms with E-state index in [2.05, 4.69) is 46.3 Å². The van der Waals surface area contributed by atoms with E-state index in [-0.39, 0.29) is 5.91 Å². The maximum absolute atomic E-state index is 12.5. The van der Waals surface area contributed by atoms with E-state index >= 15 is 0 Å². The molecular weight excluding hydrogens is 326 g/mol. The number of carbonyl (C=O) groups is 1.